The van der Waals surface area contributed by atoms with Gasteiger partial charge in [0.05, 0.1) is 5.69 Å². The van der Waals surface area contributed by atoms with Gasteiger partial charge in [-0.25, -0.2) is 4.98 Å². The molecular formula is C26H36N4O2S. The number of aryl methyl sites for hydroxylation is 1. The molecule has 1 aromatic carbocycles. The van der Waals surface area contributed by atoms with Crippen molar-refractivity contribution in [2.45, 2.75) is 46.0 Å². The van der Waals surface area contributed by atoms with Gasteiger partial charge in [0, 0.05) is 37.7 Å². The van der Waals surface area contributed by atoms with Crippen LogP contribution in [0.25, 0.3) is 10.6 Å². The van der Waals surface area contributed by atoms with Gasteiger partial charge in [0.1, 0.15) is 9.88 Å². The first kappa shape index (κ1) is 23.9. The molecule has 0 spiro atoms. The Labute approximate surface area is 201 Å². The molecule has 2 amide bonds. The van der Waals surface area contributed by atoms with Crippen LogP contribution in [0.5, 0.6) is 0 Å². The van der Waals surface area contributed by atoms with Crippen molar-refractivity contribution in [2.75, 3.05) is 39.3 Å². The van der Waals surface area contributed by atoms with Crippen LogP contribution in [0.4, 0.5) is 0 Å². The first-order chi connectivity index (χ1) is 16.0. The summed E-state index contributed by atoms with van der Waals surface area (Å²) in [7, 11) is 0. The van der Waals surface area contributed by atoms with Crippen molar-refractivity contribution in [1.29, 1.82) is 0 Å². The molecule has 6 nitrogen and oxygen atoms in total. The number of thiazole rings is 1. The summed E-state index contributed by atoms with van der Waals surface area (Å²) in [6.07, 6.45) is 5.62. The summed E-state index contributed by atoms with van der Waals surface area (Å²) in [5.41, 5.74) is 1.84. The third-order valence-electron chi connectivity index (χ3n) is 7.14. The van der Waals surface area contributed by atoms with Crippen molar-refractivity contribution in [3.05, 3.63) is 40.9 Å². The van der Waals surface area contributed by atoms with E-state index in [-0.39, 0.29) is 17.7 Å². The van der Waals surface area contributed by atoms with E-state index in [1.807, 2.05) is 49.1 Å². The van der Waals surface area contributed by atoms with E-state index in [1.165, 1.54) is 30.6 Å². The highest BCUT2D eigenvalue weighted by Crippen LogP contribution is 2.31. The second kappa shape index (κ2) is 11.3. The molecule has 0 aliphatic carbocycles. The van der Waals surface area contributed by atoms with E-state index in [9.17, 15) is 9.59 Å². The van der Waals surface area contributed by atoms with E-state index in [0.29, 0.717) is 19.0 Å². The lowest BCUT2D eigenvalue weighted by Crippen LogP contribution is -2.44. The van der Waals surface area contributed by atoms with E-state index in [1.54, 1.807) is 0 Å². The molecular weight excluding hydrogens is 432 g/mol. The molecule has 7 heteroatoms. The number of benzene rings is 1. The van der Waals surface area contributed by atoms with E-state index in [2.05, 4.69) is 15.2 Å². The number of aromatic nitrogens is 1. The summed E-state index contributed by atoms with van der Waals surface area (Å²) in [4.78, 5) is 35.6. The van der Waals surface area contributed by atoms with Crippen molar-refractivity contribution in [1.82, 2.24) is 20.1 Å². The molecule has 2 aromatic rings. The van der Waals surface area contributed by atoms with Gasteiger partial charge in [-0.05, 0) is 51.6 Å². The van der Waals surface area contributed by atoms with Crippen molar-refractivity contribution in [3.63, 3.8) is 0 Å². The predicted molar refractivity (Wildman–Crippen MR) is 133 cm³/mol. The number of carbonyl (C=O) groups excluding carboxylic acids is 2. The Balaban J connectivity index is 1.25. The number of hydrogen-bond donors (Lipinski definition) is 1. The minimum Gasteiger partial charge on any atom is -0.355 e. The Morgan fingerprint density at radius 1 is 1.09 bits per heavy atom. The summed E-state index contributed by atoms with van der Waals surface area (Å²) in [5, 5.41) is 4.03. The van der Waals surface area contributed by atoms with Gasteiger partial charge in [-0.3, -0.25) is 9.59 Å². The zero-order chi connectivity index (χ0) is 23.2. The van der Waals surface area contributed by atoms with Gasteiger partial charge in [-0.2, -0.15) is 0 Å². The lowest BCUT2D eigenvalue weighted by atomic mass is 9.85. The van der Waals surface area contributed by atoms with E-state index < -0.39 is 0 Å². The summed E-state index contributed by atoms with van der Waals surface area (Å²) < 4.78 is 0. The number of nitrogens with zero attached hydrogens (tertiary/aromatic N) is 3. The van der Waals surface area contributed by atoms with E-state index >= 15 is 0 Å². The third-order valence-corrected chi connectivity index (χ3v) is 8.33. The maximum Gasteiger partial charge on any atom is 0.265 e. The van der Waals surface area contributed by atoms with Crippen LogP contribution in [0.2, 0.25) is 0 Å². The SMILES string of the molecule is Cc1nc(-c2ccccc2)sc1C(=O)N1CCC([C@@H](C)C(=O)NCCN2CCCCC2)CC1. The largest absolute Gasteiger partial charge is 0.355 e. The van der Waals surface area contributed by atoms with Crippen LogP contribution in [-0.4, -0.2) is 65.9 Å². The number of amides is 2. The van der Waals surface area contributed by atoms with Gasteiger partial charge in [-0.1, -0.05) is 43.7 Å². The molecule has 4 rings (SSSR count). The third kappa shape index (κ3) is 6.01. The van der Waals surface area contributed by atoms with E-state index in [0.717, 1.165) is 60.2 Å². The molecule has 0 saturated carbocycles. The van der Waals surface area contributed by atoms with Crippen molar-refractivity contribution in [3.8, 4) is 10.6 Å². The van der Waals surface area contributed by atoms with Crippen LogP contribution < -0.4 is 5.32 Å². The Morgan fingerprint density at radius 3 is 2.48 bits per heavy atom. The number of hydrogen-bond acceptors (Lipinski definition) is 5. The molecule has 1 aromatic heterocycles. The number of rotatable bonds is 7. The van der Waals surface area contributed by atoms with Crippen LogP contribution in [0.3, 0.4) is 0 Å². The lowest BCUT2D eigenvalue weighted by Gasteiger charge is -2.34. The van der Waals surface area contributed by atoms with Crippen LogP contribution >= 0.6 is 11.3 Å². The monoisotopic (exact) mass is 468 g/mol. The maximum absolute atomic E-state index is 13.2. The first-order valence-corrected chi connectivity index (χ1v) is 13.2. The molecule has 1 atom stereocenters. The highest BCUT2D eigenvalue weighted by Gasteiger charge is 2.31. The minimum absolute atomic E-state index is 0.0153. The zero-order valence-electron chi connectivity index (χ0n) is 19.9. The first-order valence-electron chi connectivity index (χ1n) is 12.3. The van der Waals surface area contributed by atoms with Crippen LogP contribution in [0, 0.1) is 18.8 Å². The van der Waals surface area contributed by atoms with Gasteiger partial charge in [0.2, 0.25) is 5.91 Å². The lowest BCUT2D eigenvalue weighted by molar-refractivity contribution is -0.126. The highest BCUT2D eigenvalue weighted by molar-refractivity contribution is 7.17. The van der Waals surface area contributed by atoms with Crippen molar-refractivity contribution >= 4 is 23.2 Å². The average molecular weight is 469 g/mol. The number of piperidine rings is 2. The Hall–Kier alpha value is -2.25. The summed E-state index contributed by atoms with van der Waals surface area (Å²) in [6, 6.07) is 10.0. The molecule has 2 aliphatic heterocycles. The number of likely N-dealkylation sites (tertiary alicyclic amines) is 2. The number of nitrogens with one attached hydrogen (secondary N) is 1. The highest BCUT2D eigenvalue weighted by atomic mass is 32.1. The quantitative estimate of drug-likeness (QED) is 0.661. The maximum atomic E-state index is 13.2. The predicted octanol–water partition coefficient (Wildman–Crippen LogP) is 4.21. The Morgan fingerprint density at radius 2 is 1.79 bits per heavy atom. The summed E-state index contributed by atoms with van der Waals surface area (Å²) >= 11 is 1.48. The fraction of sp³-hybridized carbons (Fsp3) is 0.577. The fourth-order valence-electron chi connectivity index (χ4n) is 4.94. The van der Waals surface area contributed by atoms with E-state index in [4.69, 9.17) is 0 Å². The molecule has 0 radical (unpaired) electrons. The van der Waals surface area contributed by atoms with Crippen LogP contribution in [0.15, 0.2) is 30.3 Å². The molecule has 0 unspecified atom stereocenters. The van der Waals surface area contributed by atoms with Crippen LogP contribution in [-0.2, 0) is 4.79 Å². The van der Waals surface area contributed by atoms with Crippen molar-refractivity contribution < 1.29 is 9.59 Å². The van der Waals surface area contributed by atoms with Crippen LogP contribution in [0.1, 0.15) is 54.4 Å². The van der Waals surface area contributed by atoms with Gasteiger partial charge in [0.15, 0.2) is 0 Å². The smallest absolute Gasteiger partial charge is 0.265 e. The van der Waals surface area contributed by atoms with Crippen molar-refractivity contribution in [2.24, 2.45) is 11.8 Å². The second-order valence-corrected chi connectivity index (χ2v) is 10.4. The van der Waals surface area contributed by atoms with Gasteiger partial charge >= 0.3 is 0 Å². The Kier molecular flexibility index (Phi) is 8.15. The molecule has 33 heavy (non-hydrogen) atoms. The normalized spacial score (nSPS) is 18.8. The molecule has 3 heterocycles. The van der Waals surface area contributed by atoms with Gasteiger partial charge in [0.25, 0.3) is 5.91 Å². The average Bonchev–Trinajstić information content (AvgIpc) is 3.26. The summed E-state index contributed by atoms with van der Waals surface area (Å²) in [5.74, 6) is 0.539. The topological polar surface area (TPSA) is 65.5 Å². The minimum atomic E-state index is -0.0153. The zero-order valence-corrected chi connectivity index (χ0v) is 20.7. The molecule has 2 aliphatic rings. The summed E-state index contributed by atoms with van der Waals surface area (Å²) in [6.45, 7) is 9.35. The second-order valence-electron chi connectivity index (χ2n) is 9.41. The fourth-order valence-corrected chi connectivity index (χ4v) is 5.98. The Bertz CT molecular complexity index is 931. The van der Waals surface area contributed by atoms with Gasteiger partial charge in [-0.15, -0.1) is 11.3 Å². The van der Waals surface area contributed by atoms with Gasteiger partial charge < -0.3 is 15.1 Å². The molecule has 2 saturated heterocycles. The molecule has 178 valence electrons. The molecule has 1 N–H and O–H groups in total. The molecule has 2 fully saturated rings. The number of carbonyl (C=O) groups is 2. The standard InChI is InChI=1S/C26H36N4O2S/c1-19(24(31)27-13-18-29-14-7-4-8-15-29)21-11-16-30(17-12-21)26(32)23-20(2)28-25(33-23)22-9-5-3-6-10-22/h3,5-6,9-10,19,21H,4,7-8,11-18H2,1-2H3,(H,27,31)/t19-/m1/s1. The molecule has 0 bridgehead atoms.